The lowest BCUT2D eigenvalue weighted by molar-refractivity contribution is -0.359. The number of amides is 1. The van der Waals surface area contributed by atoms with Crippen molar-refractivity contribution < 1.29 is 64.6 Å². The standard InChI is InChI=1S/C85H161NO13/c1-3-5-7-9-11-13-15-17-19-21-23-25-27-29-31-33-35-36-37-38-39-41-43-45-47-49-51-53-55-57-59-61-63-65-67-69-77(90)86-73(72-96-84-82(95)80(93)83(76(71-88)98-84)99-85-81(94)79(92)78(91)75(70-87)97-85)74(89)68-66-64-62-60-58-56-54-52-50-48-46-44-42-40-34-32-30-28-26-24-22-20-18-16-14-12-10-8-6-4-2/h21,23,58,60,66,68,73-76,78-85,87-89,91-95H,3-20,22,24-57,59,61-65,67,69-72H2,1-2H3,(H,86,90)/b23-21-,60-58+,68-66+. The fourth-order valence-electron chi connectivity index (χ4n) is 14.3. The topological polar surface area (TPSA) is 228 Å². The van der Waals surface area contributed by atoms with Crippen molar-refractivity contribution in [2.45, 2.75) is 479 Å². The van der Waals surface area contributed by atoms with Crippen molar-refractivity contribution in [3.05, 3.63) is 36.5 Å². The second-order valence-electron chi connectivity index (χ2n) is 30.3. The number of ether oxygens (including phenoxy) is 4. The lowest BCUT2D eigenvalue weighted by atomic mass is 9.97. The van der Waals surface area contributed by atoms with Gasteiger partial charge in [0.25, 0.3) is 0 Å². The van der Waals surface area contributed by atoms with Gasteiger partial charge in [0, 0.05) is 6.42 Å². The molecule has 2 heterocycles. The molecule has 0 aromatic rings. The highest BCUT2D eigenvalue weighted by Crippen LogP contribution is 2.30. The number of unbranched alkanes of at least 4 members (excludes halogenated alkanes) is 56. The van der Waals surface area contributed by atoms with Crippen molar-refractivity contribution in [3.8, 4) is 0 Å². The minimum absolute atomic E-state index is 0.240. The van der Waals surface area contributed by atoms with E-state index in [9.17, 15) is 45.6 Å². The second kappa shape index (κ2) is 69.3. The van der Waals surface area contributed by atoms with Crippen LogP contribution in [0.5, 0.6) is 0 Å². The molecule has 12 unspecified atom stereocenters. The van der Waals surface area contributed by atoms with E-state index in [-0.39, 0.29) is 18.9 Å². The van der Waals surface area contributed by atoms with Crippen LogP contribution in [0.4, 0.5) is 0 Å². The third kappa shape index (κ3) is 51.9. The number of aliphatic hydroxyl groups excluding tert-OH is 8. The molecule has 2 fully saturated rings. The summed E-state index contributed by atoms with van der Waals surface area (Å²) in [4.78, 5) is 13.4. The van der Waals surface area contributed by atoms with Gasteiger partial charge in [-0.05, 0) is 57.8 Å². The Morgan fingerprint density at radius 1 is 0.354 bits per heavy atom. The molecule has 14 heteroatoms. The highest BCUT2D eigenvalue weighted by molar-refractivity contribution is 5.76. The normalized spacial score (nSPS) is 22.0. The van der Waals surface area contributed by atoms with E-state index in [1.807, 2.05) is 6.08 Å². The zero-order valence-electron chi connectivity index (χ0n) is 64.3. The van der Waals surface area contributed by atoms with Crippen molar-refractivity contribution in [2.75, 3.05) is 19.8 Å². The summed E-state index contributed by atoms with van der Waals surface area (Å²) in [7, 11) is 0. The third-order valence-corrected chi connectivity index (χ3v) is 21.0. The molecule has 2 aliphatic rings. The number of aliphatic hydroxyl groups is 8. The van der Waals surface area contributed by atoms with Crippen LogP contribution in [-0.4, -0.2) is 140 Å². The maximum atomic E-state index is 13.4. The van der Waals surface area contributed by atoms with Gasteiger partial charge in [0.15, 0.2) is 12.6 Å². The van der Waals surface area contributed by atoms with Gasteiger partial charge in [-0.3, -0.25) is 4.79 Å². The van der Waals surface area contributed by atoms with Crippen LogP contribution in [0.3, 0.4) is 0 Å². The Morgan fingerprint density at radius 3 is 0.990 bits per heavy atom. The van der Waals surface area contributed by atoms with Gasteiger partial charge in [0.1, 0.15) is 48.8 Å². The van der Waals surface area contributed by atoms with Crippen molar-refractivity contribution in [1.29, 1.82) is 0 Å². The number of hydrogen-bond donors (Lipinski definition) is 9. The monoisotopic (exact) mass is 1400 g/mol. The molecular formula is C85H161NO13. The van der Waals surface area contributed by atoms with Crippen LogP contribution in [0.15, 0.2) is 36.5 Å². The minimum Gasteiger partial charge on any atom is -0.394 e. The zero-order valence-corrected chi connectivity index (χ0v) is 64.3. The van der Waals surface area contributed by atoms with Crippen molar-refractivity contribution in [1.82, 2.24) is 5.32 Å². The predicted octanol–water partition coefficient (Wildman–Crippen LogP) is 20.0. The highest BCUT2D eigenvalue weighted by atomic mass is 16.7. The molecule has 99 heavy (non-hydrogen) atoms. The maximum Gasteiger partial charge on any atom is 0.220 e. The number of hydrogen-bond acceptors (Lipinski definition) is 13. The summed E-state index contributed by atoms with van der Waals surface area (Å²) in [5.41, 5.74) is 0. The average Bonchev–Trinajstić information content (AvgIpc) is 0.799. The van der Waals surface area contributed by atoms with E-state index in [0.717, 1.165) is 32.1 Å². The molecule has 0 radical (unpaired) electrons. The molecule has 2 aliphatic heterocycles. The van der Waals surface area contributed by atoms with Gasteiger partial charge in [0.2, 0.25) is 5.91 Å². The Kier molecular flexibility index (Phi) is 65.3. The minimum atomic E-state index is -1.79. The predicted molar refractivity (Wildman–Crippen MR) is 411 cm³/mol. The summed E-state index contributed by atoms with van der Waals surface area (Å²) in [6.07, 6.45) is 75.4. The molecule has 12 atom stereocenters. The largest absolute Gasteiger partial charge is 0.394 e. The summed E-state index contributed by atoms with van der Waals surface area (Å²) in [5, 5.41) is 87.7. The molecule has 2 rings (SSSR count). The third-order valence-electron chi connectivity index (χ3n) is 21.0. The first-order valence-electron chi connectivity index (χ1n) is 42.7. The van der Waals surface area contributed by atoms with Crippen molar-refractivity contribution in [2.24, 2.45) is 0 Å². The molecule has 9 N–H and O–H groups in total. The van der Waals surface area contributed by atoms with Crippen LogP contribution in [0.1, 0.15) is 406 Å². The second-order valence-corrected chi connectivity index (χ2v) is 30.3. The van der Waals surface area contributed by atoms with Crippen LogP contribution < -0.4 is 5.32 Å². The van der Waals surface area contributed by atoms with E-state index >= 15 is 0 Å². The Morgan fingerprint density at radius 2 is 0.646 bits per heavy atom. The molecule has 2 saturated heterocycles. The van der Waals surface area contributed by atoms with Crippen LogP contribution in [-0.2, 0) is 23.7 Å². The Labute approximate surface area is 608 Å². The first-order valence-corrected chi connectivity index (χ1v) is 42.7. The first kappa shape index (κ1) is 93.3. The van der Waals surface area contributed by atoms with Gasteiger partial charge in [-0.2, -0.15) is 0 Å². The zero-order chi connectivity index (χ0) is 71.5. The molecule has 14 nitrogen and oxygen atoms in total. The summed E-state index contributed by atoms with van der Waals surface area (Å²) in [5.74, 6) is -0.240. The van der Waals surface area contributed by atoms with Gasteiger partial charge in [-0.15, -0.1) is 0 Å². The van der Waals surface area contributed by atoms with Gasteiger partial charge in [-0.25, -0.2) is 0 Å². The first-order chi connectivity index (χ1) is 48.6. The van der Waals surface area contributed by atoms with E-state index < -0.39 is 86.8 Å². The Balaban J connectivity index is 1.60. The lowest BCUT2D eigenvalue weighted by Crippen LogP contribution is -2.65. The van der Waals surface area contributed by atoms with Crippen LogP contribution in [0.2, 0.25) is 0 Å². The fraction of sp³-hybridized carbons (Fsp3) is 0.918. The van der Waals surface area contributed by atoms with E-state index in [1.54, 1.807) is 6.08 Å². The Hall–Kier alpha value is -1.79. The van der Waals surface area contributed by atoms with Gasteiger partial charge in [0.05, 0.1) is 32.0 Å². The smallest absolute Gasteiger partial charge is 0.220 e. The van der Waals surface area contributed by atoms with E-state index in [1.165, 1.54) is 340 Å². The van der Waals surface area contributed by atoms with Crippen LogP contribution in [0.25, 0.3) is 0 Å². The van der Waals surface area contributed by atoms with Gasteiger partial charge >= 0.3 is 0 Å². The molecule has 0 aliphatic carbocycles. The molecule has 0 bridgehead atoms. The van der Waals surface area contributed by atoms with Crippen molar-refractivity contribution in [3.63, 3.8) is 0 Å². The van der Waals surface area contributed by atoms with E-state index in [4.69, 9.17) is 18.9 Å². The number of allylic oxidation sites excluding steroid dienone is 5. The van der Waals surface area contributed by atoms with Crippen LogP contribution in [0, 0.1) is 0 Å². The molecular weight excluding hydrogens is 1240 g/mol. The van der Waals surface area contributed by atoms with Gasteiger partial charge < -0.3 is 65.1 Å². The van der Waals surface area contributed by atoms with E-state index in [0.29, 0.717) is 12.8 Å². The highest BCUT2D eigenvalue weighted by Gasteiger charge is 2.51. The van der Waals surface area contributed by atoms with Crippen molar-refractivity contribution >= 4 is 5.91 Å². The quantitative estimate of drug-likeness (QED) is 0.0204. The molecule has 0 aromatic carbocycles. The van der Waals surface area contributed by atoms with Crippen LogP contribution >= 0.6 is 0 Å². The summed E-state index contributed by atoms with van der Waals surface area (Å²) in [6, 6.07) is -0.932. The number of nitrogens with one attached hydrogen (secondary N) is 1. The summed E-state index contributed by atoms with van der Waals surface area (Å²) >= 11 is 0. The molecule has 0 aromatic heterocycles. The molecule has 0 spiro atoms. The van der Waals surface area contributed by atoms with Gasteiger partial charge in [-0.1, -0.05) is 378 Å². The number of rotatable bonds is 73. The molecule has 0 saturated carbocycles. The SMILES string of the molecule is CCCCCCCCCC/C=C\CCCCCCCCCCCCCCCCCCCCCCCCCC(=O)NC(COC1OC(CO)C(OC2OC(CO)C(O)C(O)C2O)C(O)C1O)C(O)/C=C/CC/C=C/CCCCCCCCCCCCCCCCCCCCCCCCCC. The number of carbonyl (C=O) groups is 1. The summed E-state index contributed by atoms with van der Waals surface area (Å²) in [6.45, 7) is 2.85. The number of carbonyl (C=O) groups excluding carboxylic acids is 1. The van der Waals surface area contributed by atoms with E-state index in [2.05, 4.69) is 43.5 Å². The molecule has 584 valence electrons. The fourth-order valence-corrected chi connectivity index (χ4v) is 14.3. The summed E-state index contributed by atoms with van der Waals surface area (Å²) < 4.78 is 22.9. The average molecular weight is 1410 g/mol. The molecule has 1 amide bonds. The maximum absolute atomic E-state index is 13.4. The lowest BCUT2D eigenvalue weighted by Gasteiger charge is -2.46. The Bertz CT molecular complexity index is 1800.